The fourth-order valence-corrected chi connectivity index (χ4v) is 4.14. The van der Waals surface area contributed by atoms with Crippen LogP contribution < -0.4 is 5.32 Å². The number of carbonyl (C=O) groups excluding carboxylic acids is 2. The minimum atomic E-state index is -0.364. The van der Waals surface area contributed by atoms with Crippen molar-refractivity contribution in [1.82, 2.24) is 15.1 Å². The lowest BCUT2D eigenvalue weighted by atomic mass is 9.99. The van der Waals surface area contributed by atoms with E-state index in [1.807, 2.05) is 26.0 Å². The summed E-state index contributed by atoms with van der Waals surface area (Å²) >= 11 is 0. The minimum absolute atomic E-state index is 0.0164. The van der Waals surface area contributed by atoms with Gasteiger partial charge in [-0.3, -0.25) is 14.5 Å². The van der Waals surface area contributed by atoms with Gasteiger partial charge in [-0.25, -0.2) is 4.39 Å². The first-order valence-electron chi connectivity index (χ1n) is 10.0. The zero-order valence-corrected chi connectivity index (χ0v) is 16.3. The number of carbonyl (C=O) groups is 2. The zero-order chi connectivity index (χ0) is 19.4. The third-order valence-corrected chi connectivity index (χ3v) is 5.60. The van der Waals surface area contributed by atoms with Gasteiger partial charge in [0.15, 0.2) is 0 Å². The number of halogens is 1. The van der Waals surface area contributed by atoms with Gasteiger partial charge in [-0.05, 0) is 42.9 Å². The van der Waals surface area contributed by atoms with E-state index in [0.717, 1.165) is 44.5 Å². The van der Waals surface area contributed by atoms with Crippen molar-refractivity contribution in [3.8, 4) is 0 Å². The van der Waals surface area contributed by atoms with Gasteiger partial charge in [-0.1, -0.05) is 26.0 Å². The molecule has 0 aliphatic carbocycles. The molecule has 5 nitrogen and oxygen atoms in total. The van der Waals surface area contributed by atoms with E-state index in [1.165, 1.54) is 12.1 Å². The molecule has 0 radical (unpaired) electrons. The average molecular weight is 375 g/mol. The first kappa shape index (κ1) is 19.8. The van der Waals surface area contributed by atoms with Crippen molar-refractivity contribution in [3.05, 3.63) is 35.6 Å². The maximum atomic E-state index is 13.0. The van der Waals surface area contributed by atoms with E-state index in [4.69, 9.17) is 0 Å². The highest BCUT2D eigenvalue weighted by molar-refractivity contribution is 5.89. The van der Waals surface area contributed by atoms with Gasteiger partial charge < -0.3 is 10.2 Å². The Bertz CT molecular complexity index is 654. The molecular formula is C21H30FN3O2. The Kier molecular flexibility index (Phi) is 6.47. The van der Waals surface area contributed by atoms with Crippen LogP contribution in [0.15, 0.2) is 24.3 Å². The van der Waals surface area contributed by atoms with Gasteiger partial charge in [-0.2, -0.15) is 0 Å². The highest BCUT2D eigenvalue weighted by atomic mass is 19.1. The zero-order valence-electron chi connectivity index (χ0n) is 16.3. The maximum Gasteiger partial charge on any atom is 0.243 e. The lowest BCUT2D eigenvalue weighted by Crippen LogP contribution is -2.54. The topological polar surface area (TPSA) is 52.7 Å². The average Bonchev–Trinajstić information content (AvgIpc) is 3.04. The van der Waals surface area contributed by atoms with Crippen LogP contribution in [0.5, 0.6) is 0 Å². The molecule has 0 spiro atoms. The summed E-state index contributed by atoms with van der Waals surface area (Å²) < 4.78 is 13.0. The first-order chi connectivity index (χ1) is 12.9. The largest absolute Gasteiger partial charge is 0.351 e. The molecule has 1 unspecified atom stereocenters. The fourth-order valence-electron chi connectivity index (χ4n) is 4.14. The fraction of sp³-hybridized carbons (Fsp3) is 0.619. The smallest absolute Gasteiger partial charge is 0.243 e. The molecule has 1 aromatic carbocycles. The van der Waals surface area contributed by atoms with Crippen LogP contribution in [-0.4, -0.2) is 53.3 Å². The summed E-state index contributed by atoms with van der Waals surface area (Å²) in [6, 6.07) is 6.42. The van der Waals surface area contributed by atoms with E-state index < -0.39 is 0 Å². The number of piperidine rings is 1. The quantitative estimate of drug-likeness (QED) is 0.831. The molecule has 148 valence electrons. The number of hydrogen-bond acceptors (Lipinski definition) is 3. The van der Waals surface area contributed by atoms with Crippen LogP contribution in [0.1, 0.15) is 45.1 Å². The monoisotopic (exact) mass is 375 g/mol. The molecule has 1 N–H and O–H groups in total. The van der Waals surface area contributed by atoms with E-state index in [9.17, 15) is 14.0 Å². The molecule has 6 heteroatoms. The van der Waals surface area contributed by atoms with E-state index in [-0.39, 0.29) is 35.6 Å². The number of amides is 2. The Morgan fingerprint density at radius 3 is 2.41 bits per heavy atom. The lowest BCUT2D eigenvalue weighted by molar-refractivity contribution is -0.139. The third-order valence-electron chi connectivity index (χ3n) is 5.60. The second kappa shape index (κ2) is 8.83. The number of nitrogens with one attached hydrogen (secondary N) is 1. The van der Waals surface area contributed by atoms with Crippen molar-refractivity contribution in [2.75, 3.05) is 19.6 Å². The molecular weight excluding hydrogens is 345 g/mol. The predicted octanol–water partition coefficient (Wildman–Crippen LogP) is 2.55. The number of rotatable bonds is 6. The molecule has 1 atom stereocenters. The third kappa shape index (κ3) is 5.06. The molecule has 3 rings (SSSR count). The van der Waals surface area contributed by atoms with Crippen LogP contribution in [0.3, 0.4) is 0 Å². The summed E-state index contributed by atoms with van der Waals surface area (Å²) in [6.07, 6.45) is 3.19. The SMILES string of the molecule is CC(C)C(C(=O)NC1CCN(Cc2ccc(F)cc2)CC1)N1CCCC1=O. The maximum absolute atomic E-state index is 13.0. The van der Waals surface area contributed by atoms with Crippen molar-refractivity contribution in [1.29, 1.82) is 0 Å². The number of likely N-dealkylation sites (tertiary alicyclic amines) is 2. The predicted molar refractivity (Wildman–Crippen MR) is 102 cm³/mol. The summed E-state index contributed by atoms with van der Waals surface area (Å²) in [5.74, 6) is -0.0304. The van der Waals surface area contributed by atoms with Gasteiger partial charge in [0.05, 0.1) is 0 Å². The molecule has 2 saturated heterocycles. The van der Waals surface area contributed by atoms with Gasteiger partial charge >= 0.3 is 0 Å². The summed E-state index contributed by atoms with van der Waals surface area (Å²) in [6.45, 7) is 7.29. The van der Waals surface area contributed by atoms with Crippen molar-refractivity contribution in [3.63, 3.8) is 0 Å². The molecule has 0 saturated carbocycles. The molecule has 2 amide bonds. The van der Waals surface area contributed by atoms with Crippen LogP contribution in [0.2, 0.25) is 0 Å². The summed E-state index contributed by atoms with van der Waals surface area (Å²) in [5, 5.41) is 3.18. The van der Waals surface area contributed by atoms with Gasteiger partial charge in [0.1, 0.15) is 11.9 Å². The van der Waals surface area contributed by atoms with E-state index in [1.54, 1.807) is 4.90 Å². The standard InChI is InChI=1S/C21H30FN3O2/c1-15(2)20(25-11-3-4-19(25)26)21(27)23-18-9-12-24(13-10-18)14-16-5-7-17(22)8-6-16/h5-8,15,18,20H,3-4,9-14H2,1-2H3,(H,23,27). The van der Waals surface area contributed by atoms with E-state index in [2.05, 4.69) is 10.2 Å². The van der Waals surface area contributed by atoms with Crippen LogP contribution >= 0.6 is 0 Å². The molecule has 27 heavy (non-hydrogen) atoms. The molecule has 2 aliphatic rings. The van der Waals surface area contributed by atoms with Crippen LogP contribution in [0, 0.1) is 11.7 Å². The van der Waals surface area contributed by atoms with Crippen LogP contribution in [0.25, 0.3) is 0 Å². The highest BCUT2D eigenvalue weighted by Crippen LogP contribution is 2.20. The summed E-state index contributed by atoms with van der Waals surface area (Å²) in [5.41, 5.74) is 1.10. The Balaban J connectivity index is 1.49. The lowest BCUT2D eigenvalue weighted by Gasteiger charge is -2.35. The highest BCUT2D eigenvalue weighted by Gasteiger charge is 2.36. The van der Waals surface area contributed by atoms with Gasteiger partial charge in [-0.15, -0.1) is 0 Å². The second-order valence-electron chi connectivity index (χ2n) is 8.07. The van der Waals surface area contributed by atoms with Gasteiger partial charge in [0.25, 0.3) is 0 Å². The Morgan fingerprint density at radius 1 is 1.19 bits per heavy atom. The molecule has 2 aliphatic heterocycles. The number of hydrogen-bond donors (Lipinski definition) is 1. The molecule has 2 fully saturated rings. The Hall–Kier alpha value is -1.95. The molecule has 0 aromatic heterocycles. The Labute approximate surface area is 160 Å². The molecule has 0 bridgehead atoms. The van der Waals surface area contributed by atoms with Gasteiger partial charge in [0.2, 0.25) is 11.8 Å². The van der Waals surface area contributed by atoms with Crippen molar-refractivity contribution in [2.24, 2.45) is 5.92 Å². The molecule has 1 aromatic rings. The number of nitrogens with zero attached hydrogens (tertiary/aromatic N) is 2. The summed E-state index contributed by atoms with van der Waals surface area (Å²) in [4.78, 5) is 29.0. The van der Waals surface area contributed by atoms with Crippen LogP contribution in [0.4, 0.5) is 4.39 Å². The van der Waals surface area contributed by atoms with Crippen molar-refractivity contribution < 1.29 is 14.0 Å². The van der Waals surface area contributed by atoms with Crippen LogP contribution in [-0.2, 0) is 16.1 Å². The first-order valence-corrected chi connectivity index (χ1v) is 10.0. The Morgan fingerprint density at radius 2 is 1.85 bits per heavy atom. The van der Waals surface area contributed by atoms with Crippen molar-refractivity contribution in [2.45, 2.75) is 58.2 Å². The van der Waals surface area contributed by atoms with E-state index >= 15 is 0 Å². The number of benzene rings is 1. The molecule has 2 heterocycles. The summed E-state index contributed by atoms with van der Waals surface area (Å²) in [7, 11) is 0. The second-order valence-corrected chi connectivity index (χ2v) is 8.07. The normalized spacial score (nSPS) is 20.3. The minimum Gasteiger partial charge on any atom is -0.351 e. The van der Waals surface area contributed by atoms with Gasteiger partial charge in [0, 0.05) is 38.6 Å². The van der Waals surface area contributed by atoms with Crippen molar-refractivity contribution >= 4 is 11.8 Å². The van der Waals surface area contributed by atoms with E-state index in [0.29, 0.717) is 13.0 Å².